The van der Waals surface area contributed by atoms with Gasteiger partial charge in [0.2, 0.25) is 0 Å². The number of hydrogen-bond acceptors (Lipinski definition) is 1. The average molecular weight is 209 g/mol. The van der Waals surface area contributed by atoms with Crippen LogP contribution in [-0.4, -0.2) is 4.98 Å². The van der Waals surface area contributed by atoms with Gasteiger partial charge in [0.25, 0.3) is 0 Å². The van der Waals surface area contributed by atoms with Crippen molar-refractivity contribution in [3.63, 3.8) is 0 Å². The second-order valence-corrected chi connectivity index (χ2v) is 3.60. The van der Waals surface area contributed by atoms with E-state index in [4.69, 9.17) is 4.52 Å². The van der Waals surface area contributed by atoms with Gasteiger partial charge < -0.3 is 9.51 Å². The van der Waals surface area contributed by atoms with Crippen LogP contribution >= 0.6 is 9.47 Å². The first kappa shape index (κ1) is 9.54. The maximum absolute atomic E-state index is 5.27. The van der Waals surface area contributed by atoms with E-state index in [0.29, 0.717) is 0 Å². The number of nitrogens with one attached hydrogen (secondary N) is 1. The fourth-order valence-electron chi connectivity index (χ4n) is 1.78. The molecule has 0 radical (unpaired) electrons. The Kier molecular flexibility index (Phi) is 2.74. The number of aromatic amines is 1. The molecule has 2 nitrogen and oxygen atoms in total. The molecule has 0 spiro atoms. The highest BCUT2D eigenvalue weighted by atomic mass is 31.0. The van der Waals surface area contributed by atoms with Crippen LogP contribution in [0, 0.1) is 0 Å². The third-order valence-electron chi connectivity index (χ3n) is 2.40. The van der Waals surface area contributed by atoms with Gasteiger partial charge in [0, 0.05) is 18.5 Å². The number of fused-ring (bicyclic) bond motifs is 1. The lowest BCUT2D eigenvalue weighted by Crippen LogP contribution is -1.82. The Bertz CT molecular complexity index is 441. The van der Waals surface area contributed by atoms with Crippen molar-refractivity contribution in [1.29, 1.82) is 0 Å². The zero-order valence-electron chi connectivity index (χ0n) is 8.21. The Balaban J connectivity index is 0.00000112. The molecule has 76 valence electrons. The summed E-state index contributed by atoms with van der Waals surface area (Å²) in [6.45, 7) is 2.18. The van der Waals surface area contributed by atoms with E-state index in [2.05, 4.69) is 33.6 Å². The first-order valence-corrected chi connectivity index (χ1v) is 5.29. The lowest BCUT2D eigenvalue weighted by Gasteiger charge is -2.03. The van der Waals surface area contributed by atoms with Crippen LogP contribution in [-0.2, 0) is 6.42 Å². The van der Waals surface area contributed by atoms with Crippen molar-refractivity contribution in [1.82, 2.24) is 4.98 Å². The molecule has 1 heterocycles. The van der Waals surface area contributed by atoms with Gasteiger partial charge in [0.05, 0.1) is 9.47 Å². The molecule has 1 aromatic heterocycles. The molecule has 0 aliphatic carbocycles. The first-order chi connectivity index (χ1) is 6.86. The van der Waals surface area contributed by atoms with E-state index in [1.807, 2.05) is 12.1 Å². The third-order valence-corrected chi connectivity index (χ3v) is 2.65. The number of benzene rings is 1. The van der Waals surface area contributed by atoms with E-state index >= 15 is 0 Å². The highest BCUT2D eigenvalue weighted by Crippen LogP contribution is 2.30. The van der Waals surface area contributed by atoms with Gasteiger partial charge >= 0.3 is 0 Å². The number of rotatable bonds is 3. The predicted octanol–water partition coefficient (Wildman–Crippen LogP) is 3.54. The van der Waals surface area contributed by atoms with E-state index in [-0.39, 0.29) is 1.43 Å². The summed E-state index contributed by atoms with van der Waals surface area (Å²) in [4.78, 5) is 3.26. The van der Waals surface area contributed by atoms with Crippen molar-refractivity contribution in [2.45, 2.75) is 19.8 Å². The molecule has 14 heavy (non-hydrogen) atoms. The van der Waals surface area contributed by atoms with Crippen LogP contribution in [0.3, 0.4) is 0 Å². The molecule has 0 aliphatic heterocycles. The van der Waals surface area contributed by atoms with E-state index < -0.39 is 0 Å². The fraction of sp³-hybridized carbons (Fsp3) is 0.273. The second-order valence-electron chi connectivity index (χ2n) is 3.36. The fourth-order valence-corrected chi connectivity index (χ4v) is 1.98. The summed E-state index contributed by atoms with van der Waals surface area (Å²) < 4.78 is 5.27. The molecule has 0 aliphatic rings. The summed E-state index contributed by atoms with van der Waals surface area (Å²) in [5.41, 5.74) is 2.48. The zero-order valence-corrected chi connectivity index (χ0v) is 9.36. The Labute approximate surface area is 87.4 Å². The van der Waals surface area contributed by atoms with E-state index in [1.165, 1.54) is 10.9 Å². The van der Waals surface area contributed by atoms with Gasteiger partial charge in [0.1, 0.15) is 5.75 Å². The van der Waals surface area contributed by atoms with Gasteiger partial charge in [-0.1, -0.05) is 19.4 Å². The molecule has 1 aromatic carbocycles. The van der Waals surface area contributed by atoms with Crippen molar-refractivity contribution < 1.29 is 5.95 Å². The van der Waals surface area contributed by atoms with Gasteiger partial charge in [-0.3, -0.25) is 0 Å². The molecular weight excluding hydrogens is 193 g/mol. The van der Waals surface area contributed by atoms with E-state index in [1.54, 1.807) is 0 Å². The number of hydrogen-bond donors (Lipinski definition) is 1. The molecule has 1 unspecified atom stereocenters. The van der Waals surface area contributed by atoms with Crippen LogP contribution in [0.5, 0.6) is 5.75 Å². The summed E-state index contributed by atoms with van der Waals surface area (Å²) in [7, 11) is 2.30. The Hall–Kier alpha value is -1.01. The molecule has 2 rings (SSSR count). The predicted molar refractivity (Wildman–Crippen MR) is 64.7 cm³/mol. The highest BCUT2D eigenvalue weighted by molar-refractivity contribution is 7.10. The van der Waals surface area contributed by atoms with Gasteiger partial charge in [0.15, 0.2) is 0 Å². The Morgan fingerprint density at radius 2 is 2.36 bits per heavy atom. The molecule has 0 amide bonds. The molecule has 2 aromatic rings. The van der Waals surface area contributed by atoms with Gasteiger partial charge in [-0.2, -0.15) is 0 Å². The van der Waals surface area contributed by atoms with Gasteiger partial charge in [-0.25, -0.2) is 0 Å². The minimum absolute atomic E-state index is 0. The standard InChI is InChI=1S/C11H14NOP.H2/c1-2-4-8-7-12-9-5-3-6-10(13-14)11(8)9;/h3,5-7,12H,2,4,14H2,1H3;1H. The quantitative estimate of drug-likeness (QED) is 0.768. The maximum atomic E-state index is 5.27. The Morgan fingerprint density at radius 3 is 3.07 bits per heavy atom. The SMILES string of the molecule is CCCc1c[nH]c2cccc(OP)c12.[HH]. The smallest absolute Gasteiger partial charge is 0.132 e. The molecular formula is C11H16NOP. The summed E-state index contributed by atoms with van der Waals surface area (Å²) in [5.74, 6) is 0.928. The van der Waals surface area contributed by atoms with Gasteiger partial charge in [-0.05, 0) is 24.1 Å². The van der Waals surface area contributed by atoms with E-state index in [0.717, 1.165) is 24.1 Å². The summed E-state index contributed by atoms with van der Waals surface area (Å²) in [6, 6.07) is 6.05. The van der Waals surface area contributed by atoms with Crippen LogP contribution in [0.4, 0.5) is 0 Å². The average Bonchev–Trinajstić information content (AvgIpc) is 2.62. The highest BCUT2D eigenvalue weighted by Gasteiger charge is 2.07. The van der Waals surface area contributed by atoms with Crippen molar-refractivity contribution in [3.8, 4) is 5.75 Å². The molecule has 1 atom stereocenters. The lowest BCUT2D eigenvalue weighted by atomic mass is 10.1. The van der Waals surface area contributed by atoms with Crippen molar-refractivity contribution >= 4 is 20.4 Å². The number of aryl methyl sites for hydroxylation is 1. The van der Waals surface area contributed by atoms with Crippen LogP contribution in [0.25, 0.3) is 10.9 Å². The van der Waals surface area contributed by atoms with Crippen molar-refractivity contribution in [3.05, 3.63) is 30.0 Å². The molecule has 0 saturated heterocycles. The maximum Gasteiger partial charge on any atom is 0.132 e. The zero-order chi connectivity index (χ0) is 9.97. The van der Waals surface area contributed by atoms with E-state index in [9.17, 15) is 0 Å². The summed E-state index contributed by atoms with van der Waals surface area (Å²) in [5, 5.41) is 1.21. The summed E-state index contributed by atoms with van der Waals surface area (Å²) >= 11 is 0. The molecule has 0 fully saturated rings. The number of aromatic nitrogens is 1. The van der Waals surface area contributed by atoms with Crippen LogP contribution in [0.1, 0.15) is 20.3 Å². The monoisotopic (exact) mass is 209 g/mol. The molecule has 1 N–H and O–H groups in total. The third kappa shape index (κ3) is 1.51. The van der Waals surface area contributed by atoms with Crippen LogP contribution < -0.4 is 4.52 Å². The number of H-pyrrole nitrogens is 1. The minimum atomic E-state index is 0. The molecule has 0 saturated carbocycles. The van der Waals surface area contributed by atoms with Crippen LogP contribution in [0.2, 0.25) is 0 Å². The normalized spacial score (nSPS) is 10.7. The topological polar surface area (TPSA) is 25.0 Å². The minimum Gasteiger partial charge on any atom is -0.480 e. The Morgan fingerprint density at radius 1 is 1.50 bits per heavy atom. The first-order valence-electron chi connectivity index (χ1n) is 4.82. The van der Waals surface area contributed by atoms with Gasteiger partial charge in [-0.15, -0.1) is 0 Å². The summed E-state index contributed by atoms with van der Waals surface area (Å²) in [6.07, 6.45) is 4.31. The largest absolute Gasteiger partial charge is 0.480 e. The van der Waals surface area contributed by atoms with Crippen LogP contribution in [0.15, 0.2) is 24.4 Å². The molecule has 0 bridgehead atoms. The second kappa shape index (κ2) is 4.02. The molecule has 3 heteroatoms. The van der Waals surface area contributed by atoms with Crippen molar-refractivity contribution in [2.24, 2.45) is 0 Å². The van der Waals surface area contributed by atoms with Crippen molar-refractivity contribution in [2.75, 3.05) is 0 Å². The lowest BCUT2D eigenvalue weighted by molar-refractivity contribution is 0.653.